The summed E-state index contributed by atoms with van der Waals surface area (Å²) in [7, 11) is 0. The second kappa shape index (κ2) is 4.71. The van der Waals surface area contributed by atoms with Crippen molar-refractivity contribution in [2.24, 2.45) is 0 Å². The Hall–Kier alpha value is -1.62. The number of hydrogen-bond acceptors (Lipinski definition) is 4. The number of anilines is 1. The molecule has 0 atom stereocenters. The number of ether oxygens (including phenoxy) is 1. The number of rotatable bonds is 3. The number of hydrogen-bond donors (Lipinski definition) is 1. The van der Waals surface area contributed by atoms with E-state index in [1.165, 1.54) is 17.4 Å². The Morgan fingerprint density at radius 1 is 1.41 bits per heavy atom. The van der Waals surface area contributed by atoms with Crippen LogP contribution in [0.3, 0.4) is 0 Å². The standard InChI is InChI=1S/C12H13FN2OS/c1-7(2)16-9-5-3-4-8(13)11(9)10-6-15-12(14)17-10/h3-7H,1-2H3,(H2,14,15). The summed E-state index contributed by atoms with van der Waals surface area (Å²) < 4.78 is 19.4. The lowest BCUT2D eigenvalue weighted by atomic mass is 10.1. The van der Waals surface area contributed by atoms with E-state index in [2.05, 4.69) is 4.98 Å². The molecule has 0 aliphatic carbocycles. The van der Waals surface area contributed by atoms with Gasteiger partial charge in [0, 0.05) is 6.20 Å². The van der Waals surface area contributed by atoms with Crippen molar-refractivity contribution in [3.8, 4) is 16.2 Å². The minimum Gasteiger partial charge on any atom is -0.490 e. The van der Waals surface area contributed by atoms with Gasteiger partial charge in [-0.05, 0) is 26.0 Å². The van der Waals surface area contributed by atoms with E-state index in [0.717, 1.165) is 0 Å². The molecule has 0 saturated carbocycles. The van der Waals surface area contributed by atoms with Crippen LogP contribution in [-0.2, 0) is 0 Å². The van der Waals surface area contributed by atoms with Crippen molar-refractivity contribution < 1.29 is 9.13 Å². The second-order valence-electron chi connectivity index (χ2n) is 3.84. The smallest absolute Gasteiger partial charge is 0.180 e. The van der Waals surface area contributed by atoms with Crippen LogP contribution in [0.25, 0.3) is 10.4 Å². The molecule has 0 aliphatic heterocycles. The molecule has 3 nitrogen and oxygen atoms in total. The third kappa shape index (κ3) is 2.55. The Morgan fingerprint density at radius 2 is 2.18 bits per heavy atom. The zero-order valence-corrected chi connectivity index (χ0v) is 10.4. The molecule has 2 rings (SSSR count). The topological polar surface area (TPSA) is 48.1 Å². The number of benzene rings is 1. The van der Waals surface area contributed by atoms with E-state index in [4.69, 9.17) is 10.5 Å². The van der Waals surface area contributed by atoms with E-state index in [0.29, 0.717) is 21.3 Å². The number of aromatic nitrogens is 1. The molecule has 0 radical (unpaired) electrons. The van der Waals surface area contributed by atoms with Crippen LogP contribution in [0.15, 0.2) is 24.4 Å². The molecule has 0 amide bonds. The fraction of sp³-hybridized carbons (Fsp3) is 0.250. The number of nitrogens with zero attached hydrogens (tertiary/aromatic N) is 1. The zero-order valence-electron chi connectivity index (χ0n) is 9.61. The summed E-state index contributed by atoms with van der Waals surface area (Å²) in [6, 6.07) is 4.77. The molecule has 5 heteroatoms. The maximum atomic E-state index is 13.9. The normalized spacial score (nSPS) is 10.8. The summed E-state index contributed by atoms with van der Waals surface area (Å²) in [5.74, 6) is 0.190. The summed E-state index contributed by atoms with van der Waals surface area (Å²) in [6.45, 7) is 3.80. The quantitative estimate of drug-likeness (QED) is 0.911. The minimum atomic E-state index is -0.327. The summed E-state index contributed by atoms with van der Waals surface area (Å²) in [5.41, 5.74) is 5.99. The lowest BCUT2D eigenvalue weighted by Crippen LogP contribution is -2.06. The highest BCUT2D eigenvalue weighted by Gasteiger charge is 2.15. The van der Waals surface area contributed by atoms with Crippen LogP contribution < -0.4 is 10.5 Å². The first kappa shape index (κ1) is 11.9. The fourth-order valence-corrected chi connectivity index (χ4v) is 2.24. The van der Waals surface area contributed by atoms with Crippen molar-refractivity contribution in [3.63, 3.8) is 0 Å². The first-order valence-corrected chi connectivity index (χ1v) is 6.06. The van der Waals surface area contributed by atoms with E-state index in [1.54, 1.807) is 18.3 Å². The number of nitrogen functional groups attached to an aromatic ring is 1. The highest BCUT2D eigenvalue weighted by atomic mass is 32.1. The van der Waals surface area contributed by atoms with Crippen LogP contribution >= 0.6 is 11.3 Å². The van der Waals surface area contributed by atoms with Gasteiger partial charge in [-0.15, -0.1) is 0 Å². The lowest BCUT2D eigenvalue weighted by molar-refractivity contribution is 0.242. The van der Waals surface area contributed by atoms with Gasteiger partial charge in [0.1, 0.15) is 11.6 Å². The monoisotopic (exact) mass is 252 g/mol. The third-order valence-corrected chi connectivity index (χ3v) is 2.95. The van der Waals surface area contributed by atoms with Crippen LogP contribution in [0.4, 0.5) is 9.52 Å². The van der Waals surface area contributed by atoms with Gasteiger partial charge in [0.15, 0.2) is 5.13 Å². The Kier molecular flexibility index (Phi) is 3.28. The van der Waals surface area contributed by atoms with Crippen LogP contribution in [0.1, 0.15) is 13.8 Å². The van der Waals surface area contributed by atoms with Gasteiger partial charge in [-0.1, -0.05) is 17.4 Å². The molecule has 0 fully saturated rings. The van der Waals surface area contributed by atoms with Crippen molar-refractivity contribution in [1.82, 2.24) is 4.98 Å². The fourth-order valence-electron chi connectivity index (χ4n) is 1.50. The van der Waals surface area contributed by atoms with Gasteiger partial charge in [-0.25, -0.2) is 9.37 Å². The van der Waals surface area contributed by atoms with Crippen LogP contribution in [0.5, 0.6) is 5.75 Å². The molecule has 0 bridgehead atoms. The molecule has 17 heavy (non-hydrogen) atoms. The van der Waals surface area contributed by atoms with Gasteiger partial charge >= 0.3 is 0 Å². The average Bonchev–Trinajstić information content (AvgIpc) is 2.64. The SMILES string of the molecule is CC(C)Oc1cccc(F)c1-c1cnc(N)s1. The molecule has 0 saturated heterocycles. The molecular formula is C12H13FN2OS. The average molecular weight is 252 g/mol. The maximum absolute atomic E-state index is 13.9. The number of halogens is 1. The third-order valence-electron chi connectivity index (χ3n) is 2.11. The van der Waals surface area contributed by atoms with Crippen molar-refractivity contribution in [1.29, 1.82) is 0 Å². The molecule has 0 unspecified atom stereocenters. The molecular weight excluding hydrogens is 239 g/mol. The summed E-state index contributed by atoms with van der Waals surface area (Å²) in [5, 5.41) is 0.416. The maximum Gasteiger partial charge on any atom is 0.180 e. The van der Waals surface area contributed by atoms with Crippen molar-refractivity contribution in [2.75, 3.05) is 5.73 Å². The number of thiazole rings is 1. The Balaban J connectivity index is 2.50. The van der Waals surface area contributed by atoms with E-state index >= 15 is 0 Å². The summed E-state index contributed by atoms with van der Waals surface area (Å²) in [6.07, 6.45) is 1.55. The second-order valence-corrected chi connectivity index (χ2v) is 4.90. The highest BCUT2D eigenvalue weighted by molar-refractivity contribution is 7.18. The van der Waals surface area contributed by atoms with Crippen LogP contribution in [-0.4, -0.2) is 11.1 Å². The Labute approximate surface area is 103 Å². The first-order valence-electron chi connectivity index (χ1n) is 5.24. The molecule has 1 heterocycles. The lowest BCUT2D eigenvalue weighted by Gasteiger charge is -2.13. The zero-order chi connectivity index (χ0) is 12.4. The first-order chi connectivity index (χ1) is 8.08. The van der Waals surface area contributed by atoms with E-state index in [1.807, 2.05) is 13.8 Å². The van der Waals surface area contributed by atoms with Crippen molar-refractivity contribution >= 4 is 16.5 Å². The van der Waals surface area contributed by atoms with Crippen LogP contribution in [0.2, 0.25) is 0 Å². The van der Waals surface area contributed by atoms with Gasteiger partial charge in [0.05, 0.1) is 16.5 Å². The largest absolute Gasteiger partial charge is 0.490 e. The van der Waals surface area contributed by atoms with E-state index in [9.17, 15) is 4.39 Å². The van der Waals surface area contributed by atoms with Gasteiger partial charge in [-0.3, -0.25) is 0 Å². The van der Waals surface area contributed by atoms with E-state index < -0.39 is 0 Å². The van der Waals surface area contributed by atoms with Gasteiger partial charge < -0.3 is 10.5 Å². The predicted molar refractivity (Wildman–Crippen MR) is 67.7 cm³/mol. The Bertz CT molecular complexity index is 525. The molecule has 2 aromatic rings. The Morgan fingerprint density at radius 3 is 2.76 bits per heavy atom. The molecule has 1 aromatic heterocycles. The van der Waals surface area contributed by atoms with E-state index in [-0.39, 0.29) is 11.9 Å². The molecule has 0 aliphatic rings. The van der Waals surface area contributed by atoms with Gasteiger partial charge in [-0.2, -0.15) is 0 Å². The molecule has 0 spiro atoms. The number of nitrogens with two attached hydrogens (primary N) is 1. The molecule has 1 aromatic carbocycles. The highest BCUT2D eigenvalue weighted by Crippen LogP contribution is 2.37. The van der Waals surface area contributed by atoms with Gasteiger partial charge in [0.2, 0.25) is 0 Å². The van der Waals surface area contributed by atoms with Crippen LogP contribution in [0, 0.1) is 5.82 Å². The van der Waals surface area contributed by atoms with Crippen molar-refractivity contribution in [3.05, 3.63) is 30.2 Å². The summed E-state index contributed by atoms with van der Waals surface area (Å²) >= 11 is 1.24. The van der Waals surface area contributed by atoms with Gasteiger partial charge in [0.25, 0.3) is 0 Å². The van der Waals surface area contributed by atoms with Crippen molar-refractivity contribution in [2.45, 2.75) is 20.0 Å². The summed E-state index contributed by atoms with van der Waals surface area (Å²) in [4.78, 5) is 4.61. The predicted octanol–water partition coefficient (Wildman–Crippen LogP) is 3.32. The minimum absolute atomic E-state index is 0.0131. The molecule has 2 N–H and O–H groups in total. The molecule has 90 valence electrons.